The van der Waals surface area contributed by atoms with E-state index in [1.165, 1.54) is 0 Å². The molecule has 1 rings (SSSR count). The third-order valence-corrected chi connectivity index (χ3v) is 2.97. The van der Waals surface area contributed by atoms with Crippen LogP contribution in [0.5, 0.6) is 0 Å². The highest BCUT2D eigenvalue weighted by Crippen LogP contribution is 2.27. The first kappa shape index (κ1) is 9.67. The minimum atomic E-state index is -1.06. The molecule has 0 aliphatic carbocycles. The molecule has 0 N–H and O–H groups in total. The Labute approximate surface area is 80.6 Å². The molecule has 0 spiro atoms. The van der Waals surface area contributed by atoms with Gasteiger partial charge in [-0.3, -0.25) is 0 Å². The van der Waals surface area contributed by atoms with Crippen molar-refractivity contribution in [1.82, 2.24) is 3.11 Å². The quantitative estimate of drug-likeness (QED) is 0.562. The van der Waals surface area contributed by atoms with Crippen LogP contribution in [0.25, 0.3) is 0 Å². The summed E-state index contributed by atoms with van der Waals surface area (Å²) in [6.45, 7) is 1.92. The Hall–Kier alpha value is 0.580. The number of hydrogen-bond donors (Lipinski definition) is 0. The van der Waals surface area contributed by atoms with Gasteiger partial charge in [-0.2, -0.15) is 0 Å². The normalized spacial score (nSPS) is 25.4. The Morgan fingerprint density at radius 1 is 1.55 bits per heavy atom. The molecule has 1 saturated heterocycles. The zero-order valence-corrected chi connectivity index (χ0v) is 8.80. The second kappa shape index (κ2) is 4.00. The van der Waals surface area contributed by atoms with Gasteiger partial charge >= 0.3 is 0 Å². The van der Waals surface area contributed by atoms with Crippen molar-refractivity contribution in [3.63, 3.8) is 0 Å². The monoisotopic (exact) mass is 273 g/mol. The fourth-order valence-electron chi connectivity index (χ4n) is 1.28. The summed E-state index contributed by atoms with van der Waals surface area (Å²) in [5, 5.41) is 0. The van der Waals surface area contributed by atoms with E-state index in [1.807, 2.05) is 0 Å². The summed E-state index contributed by atoms with van der Waals surface area (Å²) in [5.74, 6) is 0. The first-order chi connectivity index (χ1) is 5.16. The van der Waals surface area contributed by atoms with E-state index in [-0.39, 0.29) is 6.61 Å². The molecule has 1 aliphatic heterocycles. The number of methoxy groups -OCH3 is 1. The van der Waals surface area contributed by atoms with Gasteiger partial charge in [-0.05, 0) is 12.8 Å². The van der Waals surface area contributed by atoms with Crippen molar-refractivity contribution < 1.29 is 9.13 Å². The van der Waals surface area contributed by atoms with Crippen LogP contribution in [0.1, 0.15) is 12.8 Å². The Morgan fingerprint density at radius 3 is 2.55 bits per heavy atom. The van der Waals surface area contributed by atoms with Gasteiger partial charge in [0.05, 0.1) is 6.61 Å². The van der Waals surface area contributed by atoms with Crippen molar-refractivity contribution in [3.05, 3.63) is 0 Å². The van der Waals surface area contributed by atoms with Crippen LogP contribution in [-0.4, -0.2) is 35.6 Å². The van der Waals surface area contributed by atoms with Crippen LogP contribution in [0.15, 0.2) is 0 Å². The van der Waals surface area contributed by atoms with Crippen molar-refractivity contribution in [2.45, 2.75) is 18.5 Å². The van der Waals surface area contributed by atoms with Crippen molar-refractivity contribution in [3.8, 4) is 0 Å². The lowest BCUT2D eigenvalue weighted by Crippen LogP contribution is -2.40. The second-order valence-electron chi connectivity index (χ2n) is 2.99. The highest BCUT2D eigenvalue weighted by atomic mass is 127. The van der Waals surface area contributed by atoms with Gasteiger partial charge in [0.15, 0.2) is 0 Å². The van der Waals surface area contributed by atoms with Crippen LogP contribution < -0.4 is 0 Å². The van der Waals surface area contributed by atoms with Crippen molar-refractivity contribution in [1.29, 1.82) is 0 Å². The Balaban J connectivity index is 2.35. The van der Waals surface area contributed by atoms with Gasteiger partial charge in [0, 0.05) is 43.1 Å². The Kier molecular flexibility index (Phi) is 3.52. The summed E-state index contributed by atoms with van der Waals surface area (Å²) < 4.78 is 20.5. The summed E-state index contributed by atoms with van der Waals surface area (Å²) in [7, 11) is 1.55. The number of hydrogen-bond acceptors (Lipinski definition) is 2. The summed E-state index contributed by atoms with van der Waals surface area (Å²) in [4.78, 5) is 0. The molecule has 66 valence electrons. The molecule has 0 aromatic carbocycles. The summed E-state index contributed by atoms with van der Waals surface area (Å²) in [6.07, 6.45) is 1.20. The molecular formula is C7H13FINO. The summed E-state index contributed by atoms with van der Waals surface area (Å²) in [5.41, 5.74) is -1.06. The van der Waals surface area contributed by atoms with Crippen LogP contribution in [0.4, 0.5) is 4.39 Å². The minimum Gasteiger partial charge on any atom is -0.381 e. The molecule has 0 atom stereocenters. The van der Waals surface area contributed by atoms with Gasteiger partial charge in [0.1, 0.15) is 5.67 Å². The van der Waals surface area contributed by atoms with Gasteiger partial charge in [0.25, 0.3) is 0 Å². The molecular weight excluding hydrogens is 260 g/mol. The molecule has 0 saturated carbocycles. The van der Waals surface area contributed by atoms with E-state index in [0.717, 1.165) is 13.1 Å². The SMILES string of the molecule is COCC1(F)CCN(I)CC1. The van der Waals surface area contributed by atoms with Crippen LogP contribution in [0, 0.1) is 0 Å². The van der Waals surface area contributed by atoms with Crippen LogP contribution in [-0.2, 0) is 4.74 Å². The number of nitrogens with zero attached hydrogens (tertiary/aromatic N) is 1. The van der Waals surface area contributed by atoms with Gasteiger partial charge in [-0.15, -0.1) is 0 Å². The van der Waals surface area contributed by atoms with E-state index in [1.54, 1.807) is 7.11 Å². The molecule has 0 amide bonds. The maximum Gasteiger partial charge on any atom is 0.136 e. The minimum absolute atomic E-state index is 0.248. The zero-order chi connectivity index (χ0) is 8.32. The van der Waals surface area contributed by atoms with Gasteiger partial charge in [-0.25, -0.2) is 7.50 Å². The highest BCUT2D eigenvalue weighted by Gasteiger charge is 2.33. The highest BCUT2D eigenvalue weighted by molar-refractivity contribution is 14.1. The fourth-order valence-corrected chi connectivity index (χ4v) is 1.77. The molecule has 1 aliphatic rings. The van der Waals surface area contributed by atoms with Crippen LogP contribution in [0.3, 0.4) is 0 Å². The number of rotatable bonds is 2. The lowest BCUT2D eigenvalue weighted by molar-refractivity contribution is 0.00933. The fraction of sp³-hybridized carbons (Fsp3) is 1.00. The Morgan fingerprint density at radius 2 is 2.09 bits per heavy atom. The molecule has 0 aromatic heterocycles. The summed E-state index contributed by atoms with van der Waals surface area (Å²) >= 11 is 2.23. The van der Waals surface area contributed by atoms with Crippen molar-refractivity contribution in [2.75, 3.05) is 26.8 Å². The molecule has 0 unspecified atom stereocenters. The van der Waals surface area contributed by atoms with E-state index in [9.17, 15) is 4.39 Å². The molecule has 1 heterocycles. The van der Waals surface area contributed by atoms with Crippen molar-refractivity contribution in [2.24, 2.45) is 0 Å². The molecule has 0 radical (unpaired) electrons. The van der Waals surface area contributed by atoms with Gasteiger partial charge in [0.2, 0.25) is 0 Å². The number of piperidine rings is 1. The predicted octanol–water partition coefficient (Wildman–Crippen LogP) is 1.79. The summed E-state index contributed by atoms with van der Waals surface area (Å²) in [6, 6.07) is 0. The van der Waals surface area contributed by atoms with E-state index in [4.69, 9.17) is 4.74 Å². The van der Waals surface area contributed by atoms with Gasteiger partial charge < -0.3 is 4.74 Å². The standard InChI is InChI=1S/C7H13FINO/c1-11-6-7(8)2-4-10(9)5-3-7/h2-6H2,1H3. The smallest absolute Gasteiger partial charge is 0.136 e. The molecule has 11 heavy (non-hydrogen) atoms. The molecule has 0 aromatic rings. The zero-order valence-electron chi connectivity index (χ0n) is 6.65. The molecule has 1 fully saturated rings. The average molecular weight is 273 g/mol. The Bertz CT molecular complexity index is 126. The third-order valence-electron chi connectivity index (χ3n) is 2.01. The van der Waals surface area contributed by atoms with E-state index >= 15 is 0 Å². The topological polar surface area (TPSA) is 12.5 Å². The third kappa shape index (κ3) is 2.83. The first-order valence-electron chi connectivity index (χ1n) is 3.75. The predicted molar refractivity (Wildman–Crippen MR) is 50.5 cm³/mol. The van der Waals surface area contributed by atoms with Crippen LogP contribution >= 0.6 is 22.9 Å². The van der Waals surface area contributed by atoms with Crippen molar-refractivity contribution >= 4 is 22.9 Å². The second-order valence-corrected chi connectivity index (χ2v) is 4.36. The maximum absolute atomic E-state index is 13.6. The van der Waals surface area contributed by atoms with E-state index in [2.05, 4.69) is 26.0 Å². The van der Waals surface area contributed by atoms with E-state index in [0.29, 0.717) is 12.8 Å². The molecule has 0 bridgehead atoms. The lowest BCUT2D eigenvalue weighted by Gasteiger charge is -2.32. The first-order valence-corrected chi connectivity index (χ1v) is 4.71. The maximum atomic E-state index is 13.6. The lowest BCUT2D eigenvalue weighted by atomic mass is 9.96. The molecule has 4 heteroatoms. The van der Waals surface area contributed by atoms with E-state index < -0.39 is 5.67 Å². The largest absolute Gasteiger partial charge is 0.381 e. The number of halogens is 2. The van der Waals surface area contributed by atoms with Gasteiger partial charge in [-0.1, -0.05) is 0 Å². The number of ether oxygens (including phenoxy) is 1. The average Bonchev–Trinajstić information content (AvgIpc) is 1.97. The molecule has 2 nitrogen and oxygen atoms in total. The number of alkyl halides is 1. The van der Waals surface area contributed by atoms with Crippen LogP contribution in [0.2, 0.25) is 0 Å².